The first-order valence-electron chi connectivity index (χ1n) is 14.1. The van der Waals surface area contributed by atoms with Crippen molar-refractivity contribution >= 4 is 28.4 Å². The molecule has 0 bridgehead atoms. The summed E-state index contributed by atoms with van der Waals surface area (Å²) in [6.45, 7) is 10.1. The number of rotatable bonds is 6. The number of carbonyl (C=O) groups is 2. The van der Waals surface area contributed by atoms with Crippen molar-refractivity contribution in [1.29, 1.82) is 0 Å². The van der Waals surface area contributed by atoms with Gasteiger partial charge in [0.05, 0.1) is 0 Å². The topological polar surface area (TPSA) is 97.5 Å². The highest BCUT2D eigenvalue weighted by atomic mass is 16.3. The Bertz CT molecular complexity index is 1590. The van der Waals surface area contributed by atoms with Crippen LogP contribution in [0.5, 0.6) is 0 Å². The minimum atomic E-state index is -1.35. The van der Waals surface area contributed by atoms with Gasteiger partial charge in [0, 0.05) is 41.2 Å². The highest BCUT2D eigenvalue weighted by molar-refractivity contribution is 6.02. The summed E-state index contributed by atoms with van der Waals surface area (Å²) in [5, 5.41) is 19.6. The number of benzene rings is 2. The van der Waals surface area contributed by atoms with Crippen LogP contribution < -0.4 is 10.6 Å². The summed E-state index contributed by atoms with van der Waals surface area (Å²) in [7, 11) is 0. The highest BCUT2D eigenvalue weighted by Gasteiger charge is 2.68. The van der Waals surface area contributed by atoms with Crippen LogP contribution in [0.25, 0.3) is 10.9 Å². The van der Waals surface area contributed by atoms with E-state index in [1.165, 1.54) is 16.7 Å². The van der Waals surface area contributed by atoms with Crippen molar-refractivity contribution in [3.63, 3.8) is 0 Å². The first kappa shape index (κ1) is 26.4. The van der Waals surface area contributed by atoms with Crippen molar-refractivity contribution in [3.8, 4) is 0 Å². The number of piperazine rings is 1. The summed E-state index contributed by atoms with van der Waals surface area (Å²) in [6.07, 6.45) is 7.66. The number of nitrogens with one attached hydrogen (secondary N) is 3. The normalized spacial score (nSPS) is 26.6. The monoisotopic (exact) mass is 538 g/mol. The minimum absolute atomic E-state index is 0.141. The van der Waals surface area contributed by atoms with Crippen LogP contribution >= 0.6 is 0 Å². The van der Waals surface area contributed by atoms with Crippen LogP contribution in [0.4, 0.5) is 5.69 Å². The zero-order valence-corrected chi connectivity index (χ0v) is 23.9. The number of hydrogen-bond donors (Lipinski definition) is 4. The number of fused-ring (bicyclic) bond motifs is 6. The van der Waals surface area contributed by atoms with E-state index in [2.05, 4.69) is 67.6 Å². The third kappa shape index (κ3) is 3.98. The number of anilines is 1. The lowest BCUT2D eigenvalue weighted by molar-refractivity contribution is -0.155. The van der Waals surface area contributed by atoms with Gasteiger partial charge in [-0.1, -0.05) is 59.7 Å². The standard InChI is InChI=1S/C33H38N4O3/c1-19(2)12-14-21-8-6-10-24-23(17-34-27(21)24)16-26-29(38)37-30-33(40,18-32(37,5)31(39)35-26)25-11-7-9-22(28(25)36-30)15-13-20(3)4/h6-13,17,26,30,34,36,40H,14-16,18H2,1-5H3,(H,35,39)/t26-,30+,32-,33-/m0/s1. The van der Waals surface area contributed by atoms with Gasteiger partial charge in [-0.25, -0.2) is 0 Å². The van der Waals surface area contributed by atoms with Gasteiger partial charge in [0.2, 0.25) is 11.8 Å². The smallest absolute Gasteiger partial charge is 0.248 e. The summed E-state index contributed by atoms with van der Waals surface area (Å²) in [5.41, 5.74) is 5.90. The number of para-hydroxylation sites is 2. The van der Waals surface area contributed by atoms with E-state index >= 15 is 0 Å². The lowest BCUT2D eigenvalue weighted by atomic mass is 9.84. The van der Waals surface area contributed by atoms with E-state index in [-0.39, 0.29) is 18.2 Å². The van der Waals surface area contributed by atoms with Gasteiger partial charge in [0.1, 0.15) is 23.3 Å². The van der Waals surface area contributed by atoms with Crippen molar-refractivity contribution in [2.24, 2.45) is 0 Å². The number of aromatic nitrogens is 1. The molecule has 40 heavy (non-hydrogen) atoms. The molecule has 3 aromatic rings. The molecule has 2 saturated heterocycles. The molecular formula is C33H38N4O3. The number of hydrogen-bond acceptors (Lipinski definition) is 4. The van der Waals surface area contributed by atoms with Gasteiger partial charge in [-0.2, -0.15) is 0 Å². The van der Waals surface area contributed by atoms with E-state index in [0.29, 0.717) is 6.42 Å². The highest BCUT2D eigenvalue weighted by Crippen LogP contribution is 2.55. The van der Waals surface area contributed by atoms with Crippen molar-refractivity contribution < 1.29 is 14.7 Å². The molecule has 7 heteroatoms. The first-order valence-corrected chi connectivity index (χ1v) is 14.1. The van der Waals surface area contributed by atoms with Crippen LogP contribution in [-0.4, -0.2) is 44.6 Å². The maximum atomic E-state index is 14.1. The number of carbonyl (C=O) groups excluding carboxylic acids is 2. The largest absolute Gasteiger partial charge is 0.381 e. The molecule has 0 unspecified atom stereocenters. The average Bonchev–Trinajstić information content (AvgIpc) is 3.51. The minimum Gasteiger partial charge on any atom is -0.381 e. The van der Waals surface area contributed by atoms with E-state index in [1.807, 2.05) is 30.5 Å². The second-order valence-corrected chi connectivity index (χ2v) is 12.3. The maximum absolute atomic E-state index is 14.1. The van der Waals surface area contributed by atoms with Crippen LogP contribution in [-0.2, 0) is 34.5 Å². The third-order valence-corrected chi connectivity index (χ3v) is 8.86. The van der Waals surface area contributed by atoms with Crippen molar-refractivity contribution in [2.75, 3.05) is 5.32 Å². The Hall–Kier alpha value is -3.84. The third-order valence-electron chi connectivity index (χ3n) is 8.86. The fraction of sp³-hybridized carbons (Fsp3) is 0.394. The Kier molecular flexibility index (Phi) is 6.18. The van der Waals surface area contributed by atoms with Crippen molar-refractivity contribution in [2.45, 2.75) is 83.6 Å². The van der Waals surface area contributed by atoms with Crippen LogP contribution in [0.15, 0.2) is 65.9 Å². The van der Waals surface area contributed by atoms with E-state index in [0.717, 1.165) is 46.1 Å². The molecule has 7 nitrogen and oxygen atoms in total. The zero-order valence-electron chi connectivity index (χ0n) is 23.9. The van der Waals surface area contributed by atoms with Gasteiger partial charge < -0.3 is 25.6 Å². The van der Waals surface area contributed by atoms with E-state index in [4.69, 9.17) is 0 Å². The fourth-order valence-electron chi connectivity index (χ4n) is 6.77. The molecule has 6 rings (SSSR count). The van der Waals surface area contributed by atoms with Gasteiger partial charge in [0.15, 0.2) is 0 Å². The summed E-state index contributed by atoms with van der Waals surface area (Å²) in [5.74, 6) is -0.405. The second-order valence-electron chi connectivity index (χ2n) is 12.3. The number of allylic oxidation sites excluding steroid dienone is 4. The molecule has 1 aromatic heterocycles. The summed E-state index contributed by atoms with van der Waals surface area (Å²) in [4.78, 5) is 32.8. The molecule has 0 radical (unpaired) electrons. The van der Waals surface area contributed by atoms with E-state index in [9.17, 15) is 14.7 Å². The lowest BCUT2D eigenvalue weighted by Crippen LogP contribution is -2.69. The number of nitrogens with zero attached hydrogens (tertiary/aromatic N) is 1. The van der Waals surface area contributed by atoms with Crippen LogP contribution in [0.1, 0.15) is 63.3 Å². The molecule has 208 valence electrons. The summed E-state index contributed by atoms with van der Waals surface area (Å²) in [6, 6.07) is 11.4. The van der Waals surface area contributed by atoms with Crippen LogP contribution in [0, 0.1) is 0 Å². The number of aliphatic hydroxyl groups is 1. The average molecular weight is 539 g/mol. The van der Waals surface area contributed by atoms with E-state index < -0.39 is 23.3 Å². The molecule has 0 saturated carbocycles. The van der Waals surface area contributed by atoms with Gasteiger partial charge in [-0.15, -0.1) is 0 Å². The lowest BCUT2D eigenvalue weighted by Gasteiger charge is -2.43. The Morgan fingerprint density at radius 2 is 1.65 bits per heavy atom. The molecule has 0 aliphatic carbocycles. The Balaban J connectivity index is 1.31. The molecule has 4 N–H and O–H groups in total. The predicted molar refractivity (Wildman–Crippen MR) is 158 cm³/mol. The van der Waals surface area contributed by atoms with Crippen molar-refractivity contribution in [1.82, 2.24) is 15.2 Å². The maximum Gasteiger partial charge on any atom is 0.248 e. The Morgan fingerprint density at radius 1 is 0.975 bits per heavy atom. The quantitative estimate of drug-likeness (QED) is 0.337. The number of H-pyrrole nitrogens is 1. The molecule has 2 aromatic carbocycles. The molecule has 4 heterocycles. The van der Waals surface area contributed by atoms with Crippen molar-refractivity contribution in [3.05, 3.63) is 88.1 Å². The molecule has 2 fully saturated rings. The molecule has 0 spiro atoms. The molecule has 4 atom stereocenters. The number of aromatic amines is 1. The van der Waals surface area contributed by atoms with Crippen LogP contribution in [0.2, 0.25) is 0 Å². The second kappa shape index (κ2) is 9.37. The molecule has 3 aliphatic rings. The molecule has 3 aliphatic heterocycles. The van der Waals surface area contributed by atoms with Gasteiger partial charge in [-0.3, -0.25) is 9.59 Å². The number of amides is 2. The van der Waals surface area contributed by atoms with Gasteiger partial charge in [0.25, 0.3) is 0 Å². The predicted octanol–water partition coefficient (Wildman–Crippen LogP) is 4.86. The fourth-order valence-corrected chi connectivity index (χ4v) is 6.77. The van der Waals surface area contributed by atoms with E-state index in [1.54, 1.807) is 11.8 Å². The Morgan fingerprint density at radius 3 is 2.38 bits per heavy atom. The molecular weight excluding hydrogens is 500 g/mol. The summed E-state index contributed by atoms with van der Waals surface area (Å²) >= 11 is 0. The van der Waals surface area contributed by atoms with Gasteiger partial charge >= 0.3 is 0 Å². The SMILES string of the molecule is CC(C)=CCc1cccc2c1N[C@@H]1N3C(=O)[C@H](Cc4c[nH]c5c(CC=C(C)C)cccc45)NC(=O)[C@]3(C)C[C@]21O. The van der Waals surface area contributed by atoms with Crippen LogP contribution in [0.3, 0.4) is 0 Å². The first-order chi connectivity index (χ1) is 19.0. The summed E-state index contributed by atoms with van der Waals surface area (Å²) < 4.78 is 0. The zero-order chi connectivity index (χ0) is 28.4. The van der Waals surface area contributed by atoms with Gasteiger partial charge in [-0.05, 0) is 64.2 Å². The molecule has 2 amide bonds. The Labute approximate surface area is 235 Å².